The number of ether oxygens (including phenoxy) is 2. The van der Waals surface area contributed by atoms with Gasteiger partial charge in [-0.05, 0) is 11.1 Å². The molecule has 1 aliphatic heterocycles. The molecule has 1 aromatic rings. The highest BCUT2D eigenvalue weighted by Crippen LogP contribution is 2.22. The van der Waals surface area contributed by atoms with Gasteiger partial charge in [0.25, 0.3) is 0 Å². The predicted molar refractivity (Wildman–Crippen MR) is 69.9 cm³/mol. The number of benzene rings is 1. The van der Waals surface area contributed by atoms with Crippen LogP contribution in [0, 0.1) is 0 Å². The Bertz CT molecular complexity index is 412. The third-order valence-electron chi connectivity index (χ3n) is 3.25. The topological polar surface area (TPSA) is 59.0 Å². The second-order valence-corrected chi connectivity index (χ2v) is 4.56. The van der Waals surface area contributed by atoms with Crippen LogP contribution in [0.5, 0.6) is 0 Å². The van der Waals surface area contributed by atoms with Crippen LogP contribution in [0.4, 0.5) is 0 Å². The van der Waals surface area contributed by atoms with Crippen molar-refractivity contribution in [3.8, 4) is 0 Å². The molecule has 1 aliphatic rings. The van der Waals surface area contributed by atoms with Gasteiger partial charge in [0.05, 0.1) is 19.8 Å². The Kier molecular flexibility index (Phi) is 4.90. The zero-order valence-corrected chi connectivity index (χ0v) is 11.0. The Hall–Kier alpha value is -1.43. The standard InChI is InChI=1S/C14H19NO4/c1-18-10-11-2-4-12(5-3-11)13(14(16)17)15-6-8-19-9-7-15/h2-5,13H,6-10H2,1H3,(H,16,17). The lowest BCUT2D eigenvalue weighted by Gasteiger charge is -2.32. The molecule has 5 nitrogen and oxygen atoms in total. The fraction of sp³-hybridized carbons (Fsp3) is 0.500. The molecule has 19 heavy (non-hydrogen) atoms. The minimum Gasteiger partial charge on any atom is -0.480 e. The molecular formula is C14H19NO4. The molecule has 0 radical (unpaired) electrons. The van der Waals surface area contributed by atoms with E-state index in [-0.39, 0.29) is 0 Å². The third-order valence-corrected chi connectivity index (χ3v) is 3.25. The van der Waals surface area contributed by atoms with Crippen LogP contribution in [-0.2, 0) is 20.9 Å². The summed E-state index contributed by atoms with van der Waals surface area (Å²) in [5.74, 6) is -0.818. The molecule has 0 spiro atoms. The fourth-order valence-corrected chi connectivity index (χ4v) is 2.31. The molecule has 2 rings (SSSR count). The first-order valence-electron chi connectivity index (χ1n) is 6.34. The summed E-state index contributed by atoms with van der Waals surface area (Å²) >= 11 is 0. The van der Waals surface area contributed by atoms with Crippen molar-refractivity contribution < 1.29 is 19.4 Å². The van der Waals surface area contributed by atoms with Gasteiger partial charge >= 0.3 is 5.97 Å². The van der Waals surface area contributed by atoms with Crippen molar-refractivity contribution in [3.63, 3.8) is 0 Å². The zero-order valence-electron chi connectivity index (χ0n) is 11.0. The number of rotatable bonds is 5. The molecule has 104 valence electrons. The summed E-state index contributed by atoms with van der Waals surface area (Å²) in [5.41, 5.74) is 1.84. The first kappa shape index (κ1) is 14.0. The Morgan fingerprint density at radius 2 is 2.00 bits per heavy atom. The first-order chi connectivity index (χ1) is 9.22. The number of aliphatic carboxylic acids is 1. The molecule has 1 saturated heterocycles. The lowest BCUT2D eigenvalue weighted by atomic mass is 10.0. The van der Waals surface area contributed by atoms with E-state index in [4.69, 9.17) is 9.47 Å². The van der Waals surface area contributed by atoms with Crippen molar-refractivity contribution in [1.29, 1.82) is 0 Å². The number of hydrogen-bond acceptors (Lipinski definition) is 4. The highest BCUT2D eigenvalue weighted by atomic mass is 16.5. The van der Waals surface area contributed by atoms with Gasteiger partial charge in [-0.1, -0.05) is 24.3 Å². The highest BCUT2D eigenvalue weighted by Gasteiger charge is 2.28. The van der Waals surface area contributed by atoms with Crippen molar-refractivity contribution >= 4 is 5.97 Å². The van der Waals surface area contributed by atoms with E-state index in [2.05, 4.69) is 0 Å². The smallest absolute Gasteiger partial charge is 0.325 e. The molecule has 0 amide bonds. The summed E-state index contributed by atoms with van der Waals surface area (Å²) in [6, 6.07) is 6.95. The van der Waals surface area contributed by atoms with E-state index in [1.807, 2.05) is 29.2 Å². The van der Waals surface area contributed by atoms with Gasteiger partial charge < -0.3 is 14.6 Å². The Morgan fingerprint density at radius 1 is 1.37 bits per heavy atom. The fourth-order valence-electron chi connectivity index (χ4n) is 2.31. The molecule has 0 aromatic heterocycles. The normalized spacial score (nSPS) is 18.2. The summed E-state index contributed by atoms with van der Waals surface area (Å²) in [6.45, 7) is 3.01. The number of morpholine rings is 1. The summed E-state index contributed by atoms with van der Waals surface area (Å²) < 4.78 is 10.3. The molecule has 1 fully saturated rings. The largest absolute Gasteiger partial charge is 0.480 e. The predicted octanol–water partition coefficient (Wildman–Crippen LogP) is 1.29. The summed E-state index contributed by atoms with van der Waals surface area (Å²) in [5, 5.41) is 9.44. The Labute approximate surface area is 112 Å². The molecule has 5 heteroatoms. The number of nitrogens with zero attached hydrogens (tertiary/aromatic N) is 1. The Balaban J connectivity index is 2.15. The van der Waals surface area contributed by atoms with E-state index < -0.39 is 12.0 Å². The van der Waals surface area contributed by atoms with Gasteiger partial charge in [0, 0.05) is 20.2 Å². The molecule has 1 unspecified atom stereocenters. The number of hydrogen-bond donors (Lipinski definition) is 1. The van der Waals surface area contributed by atoms with E-state index >= 15 is 0 Å². The van der Waals surface area contributed by atoms with Gasteiger partial charge in [0.1, 0.15) is 6.04 Å². The molecule has 0 bridgehead atoms. The van der Waals surface area contributed by atoms with Crippen molar-refractivity contribution in [1.82, 2.24) is 4.90 Å². The van der Waals surface area contributed by atoms with E-state index in [1.165, 1.54) is 0 Å². The molecule has 1 heterocycles. The quantitative estimate of drug-likeness (QED) is 0.869. The molecule has 1 atom stereocenters. The van der Waals surface area contributed by atoms with E-state index in [0.717, 1.165) is 11.1 Å². The molecule has 1 aromatic carbocycles. The van der Waals surface area contributed by atoms with Crippen molar-refractivity contribution in [2.75, 3.05) is 33.4 Å². The van der Waals surface area contributed by atoms with Crippen molar-refractivity contribution in [2.45, 2.75) is 12.6 Å². The van der Waals surface area contributed by atoms with Crippen molar-refractivity contribution in [3.05, 3.63) is 35.4 Å². The van der Waals surface area contributed by atoms with Gasteiger partial charge in [-0.25, -0.2) is 0 Å². The first-order valence-corrected chi connectivity index (χ1v) is 6.34. The van der Waals surface area contributed by atoms with Gasteiger partial charge in [-0.15, -0.1) is 0 Å². The van der Waals surface area contributed by atoms with Crippen LogP contribution in [0.2, 0.25) is 0 Å². The lowest BCUT2D eigenvalue weighted by Crippen LogP contribution is -2.42. The number of carbonyl (C=O) groups is 1. The van der Waals surface area contributed by atoms with Crippen LogP contribution in [0.15, 0.2) is 24.3 Å². The van der Waals surface area contributed by atoms with Crippen LogP contribution >= 0.6 is 0 Å². The molecular weight excluding hydrogens is 246 g/mol. The van der Waals surface area contributed by atoms with Crippen LogP contribution in [-0.4, -0.2) is 49.4 Å². The van der Waals surface area contributed by atoms with Crippen LogP contribution in [0.1, 0.15) is 17.2 Å². The highest BCUT2D eigenvalue weighted by molar-refractivity contribution is 5.75. The monoisotopic (exact) mass is 265 g/mol. The Morgan fingerprint density at radius 3 is 2.53 bits per heavy atom. The maximum atomic E-state index is 11.5. The minimum atomic E-state index is -0.818. The second-order valence-electron chi connectivity index (χ2n) is 4.56. The number of methoxy groups -OCH3 is 1. The van der Waals surface area contributed by atoms with Gasteiger partial charge in [0.2, 0.25) is 0 Å². The third kappa shape index (κ3) is 3.53. The second kappa shape index (κ2) is 6.65. The van der Waals surface area contributed by atoms with E-state index in [9.17, 15) is 9.90 Å². The van der Waals surface area contributed by atoms with Crippen LogP contribution in [0.3, 0.4) is 0 Å². The van der Waals surface area contributed by atoms with Gasteiger partial charge in [-0.2, -0.15) is 0 Å². The zero-order chi connectivity index (χ0) is 13.7. The van der Waals surface area contributed by atoms with Gasteiger partial charge in [0.15, 0.2) is 0 Å². The van der Waals surface area contributed by atoms with E-state index in [0.29, 0.717) is 32.9 Å². The van der Waals surface area contributed by atoms with Gasteiger partial charge in [-0.3, -0.25) is 9.69 Å². The maximum absolute atomic E-state index is 11.5. The van der Waals surface area contributed by atoms with Crippen LogP contribution in [0.25, 0.3) is 0 Å². The van der Waals surface area contributed by atoms with Crippen LogP contribution < -0.4 is 0 Å². The number of carboxylic acids is 1. The average molecular weight is 265 g/mol. The SMILES string of the molecule is COCc1ccc(C(C(=O)O)N2CCOCC2)cc1. The summed E-state index contributed by atoms with van der Waals surface area (Å²) in [7, 11) is 1.64. The lowest BCUT2D eigenvalue weighted by molar-refractivity contribution is -0.145. The molecule has 0 saturated carbocycles. The summed E-state index contributed by atoms with van der Waals surface area (Å²) in [6.07, 6.45) is 0. The molecule has 0 aliphatic carbocycles. The summed E-state index contributed by atoms with van der Waals surface area (Å²) in [4.78, 5) is 13.4. The molecule has 1 N–H and O–H groups in total. The van der Waals surface area contributed by atoms with E-state index in [1.54, 1.807) is 7.11 Å². The maximum Gasteiger partial charge on any atom is 0.325 e. The van der Waals surface area contributed by atoms with Crippen molar-refractivity contribution in [2.24, 2.45) is 0 Å². The number of carboxylic acid groups (broad SMARTS) is 1. The average Bonchev–Trinajstić information content (AvgIpc) is 2.42. The minimum absolute atomic E-state index is 0.537.